The summed E-state index contributed by atoms with van der Waals surface area (Å²) in [6.07, 6.45) is 4.53. The molecule has 1 saturated carbocycles. The van der Waals surface area contributed by atoms with Crippen molar-refractivity contribution in [1.29, 1.82) is 0 Å². The van der Waals surface area contributed by atoms with E-state index in [2.05, 4.69) is 4.98 Å². The summed E-state index contributed by atoms with van der Waals surface area (Å²) in [5.74, 6) is -0.147. The number of aryl methyl sites for hydroxylation is 1. The number of rotatable bonds is 2. The van der Waals surface area contributed by atoms with E-state index in [9.17, 15) is 9.59 Å². The highest BCUT2D eigenvalue weighted by Crippen LogP contribution is 2.61. The van der Waals surface area contributed by atoms with E-state index >= 15 is 0 Å². The number of esters is 1. The summed E-state index contributed by atoms with van der Waals surface area (Å²) in [5.41, 5.74) is 2.07. The Balaban J connectivity index is 1.93. The van der Waals surface area contributed by atoms with E-state index in [0.29, 0.717) is 6.61 Å². The molecule has 1 fully saturated rings. The molecular weight excluding hydrogens is 218 g/mol. The molecule has 0 aliphatic heterocycles. The predicted octanol–water partition coefficient (Wildman–Crippen LogP) is 1.14. The molecule has 3 rings (SSSR count). The molecule has 4 heteroatoms. The summed E-state index contributed by atoms with van der Waals surface area (Å²) in [7, 11) is 0. The summed E-state index contributed by atoms with van der Waals surface area (Å²) in [6.45, 7) is 2.24. The van der Waals surface area contributed by atoms with E-state index < -0.39 is 0 Å². The predicted molar refractivity (Wildman–Crippen MR) is 61.8 cm³/mol. The van der Waals surface area contributed by atoms with Crippen LogP contribution in [0.15, 0.2) is 17.1 Å². The number of H-pyrrole nitrogens is 1. The monoisotopic (exact) mass is 233 g/mol. The Morgan fingerprint density at radius 2 is 2.47 bits per heavy atom. The van der Waals surface area contributed by atoms with Gasteiger partial charge in [-0.1, -0.05) is 0 Å². The Kier molecular flexibility index (Phi) is 2.15. The first kappa shape index (κ1) is 10.6. The third-order valence-corrected chi connectivity index (χ3v) is 4.03. The molecular formula is C13H15NO3. The van der Waals surface area contributed by atoms with Gasteiger partial charge in [-0.05, 0) is 37.3 Å². The van der Waals surface area contributed by atoms with Crippen molar-refractivity contribution in [1.82, 2.24) is 4.98 Å². The molecule has 1 heterocycles. The molecule has 0 bridgehead atoms. The van der Waals surface area contributed by atoms with Gasteiger partial charge in [0.25, 0.3) is 0 Å². The molecule has 0 unspecified atom stereocenters. The Hall–Kier alpha value is -1.58. The highest BCUT2D eigenvalue weighted by atomic mass is 16.5. The molecule has 1 N–H and O–H groups in total. The van der Waals surface area contributed by atoms with Gasteiger partial charge in [0.2, 0.25) is 5.56 Å². The number of carbonyl (C=O) groups excluding carboxylic acids is 1. The second-order valence-electron chi connectivity index (χ2n) is 4.90. The van der Waals surface area contributed by atoms with Crippen LogP contribution in [0.4, 0.5) is 0 Å². The van der Waals surface area contributed by atoms with Crippen molar-refractivity contribution >= 4 is 5.97 Å². The number of pyridine rings is 1. The minimum absolute atomic E-state index is 0.0366. The van der Waals surface area contributed by atoms with Crippen molar-refractivity contribution in [3.8, 4) is 0 Å². The lowest BCUT2D eigenvalue weighted by Gasteiger charge is -2.10. The van der Waals surface area contributed by atoms with Crippen LogP contribution in [-0.2, 0) is 21.4 Å². The molecule has 0 saturated heterocycles. The zero-order valence-electron chi connectivity index (χ0n) is 9.79. The van der Waals surface area contributed by atoms with Gasteiger partial charge in [-0.25, -0.2) is 0 Å². The van der Waals surface area contributed by atoms with Crippen LogP contribution in [-0.4, -0.2) is 17.6 Å². The zero-order valence-corrected chi connectivity index (χ0v) is 9.79. The Morgan fingerprint density at radius 3 is 3.24 bits per heavy atom. The average molecular weight is 233 g/mol. The highest BCUT2D eigenvalue weighted by molar-refractivity contribution is 5.80. The van der Waals surface area contributed by atoms with Gasteiger partial charge in [-0.15, -0.1) is 0 Å². The first-order valence-electron chi connectivity index (χ1n) is 6.06. The molecule has 1 aromatic heterocycles. The molecule has 2 aliphatic rings. The van der Waals surface area contributed by atoms with E-state index in [-0.39, 0.29) is 22.9 Å². The summed E-state index contributed by atoms with van der Waals surface area (Å²) in [6, 6.07) is 1.65. The third-order valence-electron chi connectivity index (χ3n) is 4.03. The molecule has 0 radical (unpaired) electrons. The van der Waals surface area contributed by atoms with Crippen molar-refractivity contribution in [2.45, 2.75) is 31.6 Å². The minimum Gasteiger partial charge on any atom is -0.466 e. The van der Waals surface area contributed by atoms with Gasteiger partial charge in [-0.2, -0.15) is 0 Å². The maximum absolute atomic E-state index is 11.8. The number of carbonyl (C=O) groups is 1. The van der Waals surface area contributed by atoms with Crippen LogP contribution in [0.25, 0.3) is 0 Å². The smallest absolute Gasteiger partial charge is 0.309 e. The van der Waals surface area contributed by atoms with Crippen LogP contribution in [0, 0.1) is 5.92 Å². The number of ether oxygens (including phenoxy) is 1. The average Bonchev–Trinajstić information content (AvgIpc) is 2.93. The van der Waals surface area contributed by atoms with Crippen LogP contribution >= 0.6 is 0 Å². The van der Waals surface area contributed by atoms with E-state index in [1.165, 1.54) is 5.56 Å². The van der Waals surface area contributed by atoms with Crippen LogP contribution < -0.4 is 5.56 Å². The van der Waals surface area contributed by atoms with E-state index in [1.54, 1.807) is 12.3 Å². The lowest BCUT2D eigenvalue weighted by Crippen LogP contribution is -2.17. The number of fused-ring (bicyclic) bond motifs is 2. The molecule has 1 aromatic rings. The van der Waals surface area contributed by atoms with E-state index in [0.717, 1.165) is 24.8 Å². The van der Waals surface area contributed by atoms with Gasteiger partial charge < -0.3 is 9.72 Å². The molecule has 0 aromatic carbocycles. The van der Waals surface area contributed by atoms with Gasteiger partial charge in [0.05, 0.1) is 12.5 Å². The number of aromatic nitrogens is 1. The molecule has 1 spiro atoms. The van der Waals surface area contributed by atoms with E-state index in [4.69, 9.17) is 4.74 Å². The van der Waals surface area contributed by atoms with Crippen molar-refractivity contribution in [3.05, 3.63) is 33.7 Å². The maximum Gasteiger partial charge on any atom is 0.309 e. The van der Waals surface area contributed by atoms with Crippen LogP contribution in [0.5, 0.6) is 0 Å². The van der Waals surface area contributed by atoms with Crippen molar-refractivity contribution in [2.24, 2.45) is 5.92 Å². The summed E-state index contributed by atoms with van der Waals surface area (Å²) in [4.78, 5) is 25.8. The largest absolute Gasteiger partial charge is 0.466 e. The van der Waals surface area contributed by atoms with Crippen LogP contribution in [0.1, 0.15) is 30.9 Å². The lowest BCUT2D eigenvalue weighted by atomic mass is 9.96. The molecule has 2 atom stereocenters. The SMILES string of the molecule is CCOC(=O)[C@@H]1C[C@]12CCc1c[nH]c(=O)cc12. The van der Waals surface area contributed by atoms with Gasteiger partial charge in [0.15, 0.2) is 0 Å². The second-order valence-corrected chi connectivity index (χ2v) is 4.90. The zero-order chi connectivity index (χ0) is 12.0. The first-order valence-corrected chi connectivity index (χ1v) is 6.06. The highest BCUT2D eigenvalue weighted by Gasteiger charge is 2.62. The van der Waals surface area contributed by atoms with Gasteiger partial charge in [-0.3, -0.25) is 9.59 Å². The third kappa shape index (κ3) is 1.43. The quantitative estimate of drug-likeness (QED) is 0.779. The number of hydrogen-bond donors (Lipinski definition) is 1. The number of nitrogens with one attached hydrogen (secondary N) is 1. The van der Waals surface area contributed by atoms with Gasteiger partial charge in [0.1, 0.15) is 0 Å². The molecule has 90 valence electrons. The van der Waals surface area contributed by atoms with Crippen LogP contribution in [0.3, 0.4) is 0 Å². The standard InChI is InChI=1S/C13H15NO3/c1-2-17-12(16)10-6-13(10)4-3-8-7-14-11(15)5-9(8)13/h5,7,10H,2-4,6H2,1H3,(H,14,15)/t10-,13-/m0/s1. The fourth-order valence-corrected chi connectivity index (χ4v) is 3.10. The lowest BCUT2D eigenvalue weighted by molar-refractivity contribution is -0.145. The van der Waals surface area contributed by atoms with Crippen molar-refractivity contribution in [3.63, 3.8) is 0 Å². The normalized spacial score (nSPS) is 29.1. The second kappa shape index (κ2) is 3.45. The minimum atomic E-state index is -0.111. The van der Waals surface area contributed by atoms with Crippen LogP contribution in [0.2, 0.25) is 0 Å². The summed E-state index contributed by atoms with van der Waals surface area (Å²) in [5, 5.41) is 0. The number of hydrogen-bond acceptors (Lipinski definition) is 3. The van der Waals surface area contributed by atoms with Gasteiger partial charge >= 0.3 is 5.97 Å². The fourth-order valence-electron chi connectivity index (χ4n) is 3.10. The number of aromatic amines is 1. The fraction of sp³-hybridized carbons (Fsp3) is 0.538. The Morgan fingerprint density at radius 1 is 1.65 bits per heavy atom. The molecule has 4 nitrogen and oxygen atoms in total. The molecule has 0 amide bonds. The van der Waals surface area contributed by atoms with Gasteiger partial charge in [0, 0.05) is 17.7 Å². The Labute approximate surface area is 99.0 Å². The summed E-state index contributed by atoms with van der Waals surface area (Å²) >= 11 is 0. The Bertz CT molecular complexity index is 534. The molecule has 17 heavy (non-hydrogen) atoms. The first-order chi connectivity index (χ1) is 8.17. The molecule has 2 aliphatic carbocycles. The van der Waals surface area contributed by atoms with E-state index in [1.807, 2.05) is 6.92 Å². The topological polar surface area (TPSA) is 59.2 Å². The van der Waals surface area contributed by atoms with Crippen molar-refractivity contribution in [2.75, 3.05) is 6.61 Å². The maximum atomic E-state index is 11.8. The van der Waals surface area contributed by atoms with Crippen molar-refractivity contribution < 1.29 is 9.53 Å². The summed E-state index contributed by atoms with van der Waals surface area (Å²) < 4.78 is 5.07.